The van der Waals surface area contributed by atoms with E-state index in [-0.39, 0.29) is 65.4 Å². The quantitative estimate of drug-likeness (QED) is 0.0382. The third-order valence-electron chi connectivity index (χ3n) is 20.6. The van der Waals surface area contributed by atoms with Crippen LogP contribution >= 0.6 is 0 Å². The molecule has 15 atom stereocenters. The number of hydrogen-bond donors (Lipinski definition) is 2. The fourth-order valence-corrected chi connectivity index (χ4v) is 15.9. The summed E-state index contributed by atoms with van der Waals surface area (Å²) < 4.78 is 103. The molecule has 4 fully saturated rings. The lowest BCUT2D eigenvalue weighted by Crippen LogP contribution is -2.69. The van der Waals surface area contributed by atoms with Gasteiger partial charge < -0.3 is 85.1 Å². The van der Waals surface area contributed by atoms with Crippen LogP contribution in [0.3, 0.4) is 0 Å². The third kappa shape index (κ3) is 14.5. The maximum Gasteiger partial charge on any atom is 0.419 e. The molecular weight excluding hydrogens is 1300 g/mol. The molecule has 5 heterocycles. The van der Waals surface area contributed by atoms with Crippen molar-refractivity contribution >= 4 is 54.4 Å². The molecule has 10 rings (SSSR count). The molecule has 28 heteroatoms. The summed E-state index contributed by atoms with van der Waals surface area (Å²) in [6, 6.07) is 19.6. The van der Waals surface area contributed by atoms with Gasteiger partial charge in [0.2, 0.25) is 18.8 Å². The number of methoxy groups -OCH3 is 2. The van der Waals surface area contributed by atoms with Crippen LogP contribution in [0.15, 0.2) is 72.8 Å². The Hall–Kier alpha value is -6.26. The van der Waals surface area contributed by atoms with Crippen LogP contribution in [0.2, 0.25) is 54.4 Å². The smallest absolute Gasteiger partial charge is 0.419 e. The van der Waals surface area contributed by atoms with Crippen molar-refractivity contribution in [2.75, 3.05) is 46.2 Å². The molecule has 1 amide bonds. The van der Waals surface area contributed by atoms with Crippen LogP contribution < -0.4 is 33.3 Å². The van der Waals surface area contributed by atoms with E-state index in [0.29, 0.717) is 28.2 Å². The predicted octanol–water partition coefficient (Wildman–Crippen LogP) is 11.2. The monoisotopic (exact) mass is 1390 g/mol. The minimum absolute atomic E-state index is 0.0210. The first kappa shape index (κ1) is 72.5. The largest absolute Gasteiger partial charge is 0.493 e. The minimum Gasteiger partial charge on any atom is -0.493 e. The summed E-state index contributed by atoms with van der Waals surface area (Å²) in [4.78, 5) is 57.6. The second-order valence-electron chi connectivity index (χ2n) is 30.0. The fourth-order valence-electron chi connectivity index (χ4n) is 12.0. The SMILES string of the molecule is COc1cc([C@@H]2c3cc4c(cc3C(O[C@@H]3OC5COC(C)O[C@H]5[C@H](O)C3O)[C@H]3COC(=O)[C@H]23)OCO4)cc(OC)c1OC(=O)N(C)c1cc([N+](=O)[O-])ccc1OC1OC(C(=O)OCc2ccccc2)C(O[Si](C)(C)C(C)(C)C)C(O[Si](C)(C)C(C)(C)C)C1O[Si](C)(C)C(C)(C)C. The first-order valence-electron chi connectivity index (χ1n) is 32.5. The zero-order valence-electron chi connectivity index (χ0n) is 58.3. The molecule has 0 aromatic heterocycles. The number of nitro groups is 1. The lowest BCUT2D eigenvalue weighted by molar-refractivity contribution is -0.384. The molecule has 526 valence electrons. The first-order valence-corrected chi connectivity index (χ1v) is 41.2. The van der Waals surface area contributed by atoms with Crippen LogP contribution in [-0.4, -0.2) is 167 Å². The Labute approximate surface area is 563 Å². The van der Waals surface area contributed by atoms with Gasteiger partial charge >= 0.3 is 18.0 Å². The summed E-state index contributed by atoms with van der Waals surface area (Å²) in [6.45, 7) is 32.9. The Morgan fingerprint density at radius 1 is 0.698 bits per heavy atom. The molecule has 4 aromatic rings. The number of carbonyl (C=O) groups is 3. The molecule has 2 N–H and O–H groups in total. The van der Waals surface area contributed by atoms with Gasteiger partial charge in [-0.3, -0.25) is 19.8 Å². The van der Waals surface area contributed by atoms with Crippen molar-refractivity contribution in [3.63, 3.8) is 0 Å². The van der Waals surface area contributed by atoms with E-state index in [4.69, 9.17) is 74.9 Å². The Bertz CT molecular complexity index is 3490. The second kappa shape index (κ2) is 27.5. The van der Waals surface area contributed by atoms with Gasteiger partial charge in [-0.2, -0.15) is 0 Å². The van der Waals surface area contributed by atoms with Crippen LogP contribution in [0.25, 0.3) is 0 Å². The van der Waals surface area contributed by atoms with E-state index in [1.165, 1.54) is 33.4 Å². The number of esters is 2. The number of aliphatic hydroxyl groups is 2. The highest BCUT2D eigenvalue weighted by Crippen LogP contribution is 2.58. The number of fused-ring (bicyclic) bond motifs is 4. The van der Waals surface area contributed by atoms with Gasteiger partial charge in [-0.1, -0.05) is 92.6 Å². The van der Waals surface area contributed by atoms with E-state index >= 15 is 9.59 Å². The van der Waals surface area contributed by atoms with Crippen molar-refractivity contribution in [2.45, 2.75) is 210 Å². The van der Waals surface area contributed by atoms with Crippen molar-refractivity contribution in [3.8, 4) is 34.5 Å². The van der Waals surface area contributed by atoms with Gasteiger partial charge in [-0.05, 0) is 114 Å². The number of rotatable bonds is 19. The number of benzene rings is 4. The number of aliphatic hydroxyl groups excluding tert-OH is 2. The molecule has 9 unspecified atom stereocenters. The maximum absolute atomic E-state index is 15.1. The van der Waals surface area contributed by atoms with Crippen LogP contribution in [0.5, 0.6) is 34.5 Å². The standard InChI is InChI=1S/C68H94N2O23Si3/c1-36-80-34-49-56(85-36)52(71)53(72)63(87-49)88-54-41-31-46-45(83-35-84-46)30-40(41)50(51-42(54)33-82-61(51)73)38-27-47(78-12)55(48(28-38)79-13)90-65(75)69(11)43-29-39(70(76)77)25-26-44(43)86-64-60(93-96(18,19)68(8,9)10)58(92-95(16,17)67(5,6)7)57(91-94(14,15)66(2,3)4)59(89-64)62(74)81-32-37-23-21-20-22-24-37/h20-31,36,42,49-54,56-60,63-64,71-72H,32-35H2,1-19H3/t36?,42-,49?,50+,51-,52+,53?,54?,56+,57?,58?,59?,60?,63-,64?/m0/s1. The highest BCUT2D eigenvalue weighted by atomic mass is 28.4. The Kier molecular flexibility index (Phi) is 20.7. The Morgan fingerprint density at radius 2 is 1.28 bits per heavy atom. The van der Waals surface area contributed by atoms with Gasteiger partial charge in [-0.15, -0.1) is 0 Å². The normalized spacial score (nSPS) is 28.3. The van der Waals surface area contributed by atoms with Crippen LogP contribution in [0, 0.1) is 22.0 Å². The van der Waals surface area contributed by atoms with Crippen molar-refractivity contribution in [1.82, 2.24) is 0 Å². The summed E-state index contributed by atoms with van der Waals surface area (Å²) >= 11 is 0. The van der Waals surface area contributed by atoms with Crippen LogP contribution in [0.4, 0.5) is 16.2 Å². The van der Waals surface area contributed by atoms with Gasteiger partial charge in [-0.25, -0.2) is 9.59 Å². The summed E-state index contributed by atoms with van der Waals surface area (Å²) in [5.41, 5.74) is 1.70. The molecule has 5 aliphatic heterocycles. The number of amides is 1. The van der Waals surface area contributed by atoms with Crippen LogP contribution in [0.1, 0.15) is 104 Å². The summed E-state index contributed by atoms with van der Waals surface area (Å²) in [6.07, 6.45) is -15.1. The molecule has 4 aromatic carbocycles. The first-order chi connectivity index (χ1) is 44.8. The fraction of sp³-hybridized carbons (Fsp3) is 0.603. The number of carbonyl (C=O) groups excluding carboxylic acids is 3. The van der Waals surface area contributed by atoms with E-state index in [9.17, 15) is 25.1 Å². The summed E-state index contributed by atoms with van der Waals surface area (Å²) in [5.74, 6) is -3.40. The average Bonchev–Trinajstić information content (AvgIpc) is 1.35. The number of ether oxygens (including phenoxy) is 13. The maximum atomic E-state index is 15.1. The Balaban J connectivity index is 1.02. The van der Waals surface area contributed by atoms with Gasteiger partial charge in [0, 0.05) is 31.0 Å². The molecular formula is C68H94N2O23Si3. The zero-order valence-corrected chi connectivity index (χ0v) is 61.3. The molecule has 4 saturated heterocycles. The van der Waals surface area contributed by atoms with E-state index < -0.39 is 150 Å². The van der Waals surface area contributed by atoms with Gasteiger partial charge in [0.15, 0.2) is 66.6 Å². The van der Waals surface area contributed by atoms with Crippen molar-refractivity contribution in [2.24, 2.45) is 11.8 Å². The van der Waals surface area contributed by atoms with Gasteiger partial charge in [0.1, 0.15) is 55.1 Å². The van der Waals surface area contributed by atoms with E-state index in [1.54, 1.807) is 31.2 Å². The number of anilines is 1. The lowest BCUT2D eigenvalue weighted by Gasteiger charge is -2.53. The van der Waals surface area contributed by atoms with Crippen molar-refractivity contribution < 1.29 is 104 Å². The zero-order chi connectivity index (χ0) is 70.1. The van der Waals surface area contributed by atoms with Gasteiger partial charge in [0.05, 0.1) is 50.1 Å². The molecule has 25 nitrogen and oxygen atoms in total. The molecule has 0 spiro atoms. The molecule has 0 radical (unpaired) electrons. The highest BCUT2D eigenvalue weighted by Gasteiger charge is 2.61. The van der Waals surface area contributed by atoms with Gasteiger partial charge in [0.25, 0.3) is 5.69 Å². The summed E-state index contributed by atoms with van der Waals surface area (Å²) in [7, 11) is -4.57. The second-order valence-corrected chi connectivity index (χ2v) is 44.2. The number of cyclic esters (lactones) is 1. The molecule has 0 bridgehead atoms. The minimum atomic E-state index is -2.91. The molecule has 0 saturated carbocycles. The number of nitro benzene ring substituents is 1. The highest BCUT2D eigenvalue weighted by molar-refractivity contribution is 6.75. The van der Waals surface area contributed by atoms with Crippen LogP contribution in [-0.2, 0) is 62.6 Å². The van der Waals surface area contributed by atoms with E-state index in [1.807, 2.05) is 30.3 Å². The molecule has 1 aliphatic carbocycles. The number of nitrogens with zero attached hydrogens (tertiary/aromatic N) is 2. The van der Waals surface area contributed by atoms with Crippen molar-refractivity contribution in [1.29, 1.82) is 0 Å². The molecule has 6 aliphatic rings. The number of non-ortho nitro benzene ring substituents is 1. The topological polar surface area (TPSA) is 286 Å². The van der Waals surface area contributed by atoms with E-state index in [0.717, 1.165) is 16.5 Å². The third-order valence-corrected chi connectivity index (χ3v) is 34.0. The lowest BCUT2D eigenvalue weighted by atomic mass is 9.66. The number of hydrogen-bond acceptors (Lipinski definition) is 23. The summed E-state index contributed by atoms with van der Waals surface area (Å²) in [5, 5.41) is 34.4. The predicted molar refractivity (Wildman–Crippen MR) is 356 cm³/mol. The van der Waals surface area contributed by atoms with Crippen molar-refractivity contribution in [3.05, 3.63) is 105 Å². The Morgan fingerprint density at radius 3 is 1.86 bits per heavy atom. The average molecular weight is 1390 g/mol. The van der Waals surface area contributed by atoms with E-state index in [2.05, 4.69) is 102 Å². The molecule has 96 heavy (non-hydrogen) atoms.